The van der Waals surface area contributed by atoms with Crippen LogP contribution in [-0.4, -0.2) is 53.0 Å². The average Bonchev–Trinajstić information content (AvgIpc) is 2.82. The van der Waals surface area contributed by atoms with Gasteiger partial charge in [-0.2, -0.15) is 0 Å². The predicted octanol–water partition coefficient (Wildman–Crippen LogP) is -0.622. The predicted molar refractivity (Wildman–Crippen MR) is 65.1 cm³/mol. The molecule has 3 N–H and O–H groups in total. The maximum Gasteiger partial charge on any atom is 0.475 e. The molecule has 0 aromatic rings. The molecule has 2 saturated heterocycles. The molecule has 1 amide bonds. The van der Waals surface area contributed by atoms with E-state index in [0.29, 0.717) is 13.0 Å². The Morgan fingerprint density at radius 3 is 2.71 bits per heavy atom. The summed E-state index contributed by atoms with van der Waals surface area (Å²) in [6.45, 7) is 5.64. The van der Waals surface area contributed by atoms with Crippen LogP contribution in [0.4, 0.5) is 0 Å². The van der Waals surface area contributed by atoms with Gasteiger partial charge in [0.15, 0.2) is 0 Å². The van der Waals surface area contributed by atoms with Gasteiger partial charge in [-0.05, 0) is 31.2 Å². The van der Waals surface area contributed by atoms with Crippen LogP contribution >= 0.6 is 0 Å². The summed E-state index contributed by atoms with van der Waals surface area (Å²) in [5, 5.41) is 21.8. The zero-order valence-corrected chi connectivity index (χ0v) is 10.5. The molecule has 0 unspecified atom stereocenters. The quantitative estimate of drug-likeness (QED) is 0.562. The van der Waals surface area contributed by atoms with Crippen molar-refractivity contribution in [2.45, 2.75) is 45.1 Å². The summed E-state index contributed by atoms with van der Waals surface area (Å²) in [6, 6.07) is -0.193. The molecule has 0 aliphatic carbocycles. The highest BCUT2D eigenvalue weighted by Gasteiger charge is 2.45. The van der Waals surface area contributed by atoms with E-state index in [2.05, 4.69) is 19.2 Å². The minimum atomic E-state index is -1.43. The van der Waals surface area contributed by atoms with Crippen LogP contribution < -0.4 is 5.32 Å². The number of hydrogen-bond donors (Lipinski definition) is 3. The molecule has 2 atom stereocenters. The van der Waals surface area contributed by atoms with E-state index < -0.39 is 13.1 Å². The summed E-state index contributed by atoms with van der Waals surface area (Å²) in [6.07, 6.45) is 2.50. The Morgan fingerprint density at radius 2 is 2.18 bits per heavy atom. The lowest BCUT2D eigenvalue weighted by Crippen LogP contribution is -2.54. The van der Waals surface area contributed by atoms with Crippen molar-refractivity contribution in [1.82, 2.24) is 10.2 Å². The van der Waals surface area contributed by atoms with Crippen molar-refractivity contribution in [1.29, 1.82) is 0 Å². The number of nitrogens with zero attached hydrogens (tertiary/aromatic N) is 1. The molecule has 0 spiro atoms. The second kappa shape index (κ2) is 4.59. The SMILES string of the molecule is CC1(C)CCN[C@@H]1C(=O)N1CCC[C@H]1B(O)O. The van der Waals surface area contributed by atoms with E-state index in [1.807, 2.05) is 0 Å². The molecule has 2 aliphatic rings. The van der Waals surface area contributed by atoms with Crippen LogP contribution in [0.25, 0.3) is 0 Å². The Labute approximate surface area is 102 Å². The van der Waals surface area contributed by atoms with Gasteiger partial charge in [-0.25, -0.2) is 0 Å². The molecule has 0 bridgehead atoms. The number of carbonyl (C=O) groups excluding carboxylic acids is 1. The standard InChI is InChI=1S/C11H21BN2O3/c1-11(2)5-6-13-9(11)10(15)14-7-3-4-8(14)12(16)17/h8-9,13,16-17H,3-7H2,1-2H3/t8-,9+/m0/s1. The van der Waals surface area contributed by atoms with Gasteiger partial charge in [-0.15, -0.1) is 0 Å². The summed E-state index contributed by atoms with van der Waals surface area (Å²) in [5.74, 6) is -0.413. The molecule has 0 radical (unpaired) electrons. The number of likely N-dealkylation sites (tertiary alicyclic amines) is 1. The minimum absolute atomic E-state index is 0.0168. The number of carbonyl (C=O) groups is 1. The zero-order chi connectivity index (χ0) is 12.6. The molecule has 2 fully saturated rings. The van der Waals surface area contributed by atoms with Gasteiger partial charge < -0.3 is 20.3 Å². The highest BCUT2D eigenvalue weighted by atomic mass is 16.4. The van der Waals surface area contributed by atoms with E-state index >= 15 is 0 Å². The molecule has 0 aromatic carbocycles. The number of nitrogens with one attached hydrogen (secondary N) is 1. The zero-order valence-electron chi connectivity index (χ0n) is 10.5. The summed E-state index contributed by atoms with van der Waals surface area (Å²) < 4.78 is 0. The van der Waals surface area contributed by atoms with Crippen LogP contribution in [0.3, 0.4) is 0 Å². The third-order valence-corrected chi connectivity index (χ3v) is 4.07. The Balaban J connectivity index is 2.09. The van der Waals surface area contributed by atoms with Crippen molar-refractivity contribution in [2.75, 3.05) is 13.1 Å². The Kier molecular flexibility index (Phi) is 3.47. The first-order chi connectivity index (χ1) is 7.93. The van der Waals surface area contributed by atoms with Gasteiger partial charge in [0.2, 0.25) is 5.91 Å². The topological polar surface area (TPSA) is 72.8 Å². The molecule has 0 saturated carbocycles. The van der Waals surface area contributed by atoms with E-state index in [4.69, 9.17) is 0 Å². The lowest BCUT2D eigenvalue weighted by Gasteiger charge is -2.32. The first-order valence-corrected chi connectivity index (χ1v) is 6.33. The largest absolute Gasteiger partial charge is 0.475 e. The number of amides is 1. The average molecular weight is 240 g/mol. The van der Waals surface area contributed by atoms with Crippen LogP contribution in [0.5, 0.6) is 0 Å². The van der Waals surface area contributed by atoms with Gasteiger partial charge >= 0.3 is 7.12 Å². The fourth-order valence-corrected chi connectivity index (χ4v) is 2.92. The van der Waals surface area contributed by atoms with E-state index in [0.717, 1.165) is 19.4 Å². The van der Waals surface area contributed by atoms with E-state index in [9.17, 15) is 14.8 Å². The molecule has 2 rings (SSSR count). The van der Waals surface area contributed by atoms with Gasteiger partial charge in [0.25, 0.3) is 0 Å². The third kappa shape index (κ3) is 2.34. The number of hydrogen-bond acceptors (Lipinski definition) is 4. The Bertz CT molecular complexity index is 309. The van der Waals surface area contributed by atoms with Crippen LogP contribution in [0.15, 0.2) is 0 Å². The third-order valence-electron chi connectivity index (χ3n) is 4.07. The van der Waals surface area contributed by atoms with Crippen LogP contribution in [0.2, 0.25) is 0 Å². The molecular formula is C11H21BN2O3. The lowest BCUT2D eigenvalue weighted by molar-refractivity contribution is -0.135. The molecule has 96 valence electrons. The molecule has 2 aliphatic heterocycles. The second-order valence-corrected chi connectivity index (χ2v) is 5.78. The Morgan fingerprint density at radius 1 is 1.47 bits per heavy atom. The fourth-order valence-electron chi connectivity index (χ4n) is 2.92. The Hall–Kier alpha value is -0.585. The summed E-state index contributed by atoms with van der Waals surface area (Å²) in [4.78, 5) is 14.1. The first kappa shape index (κ1) is 12.9. The monoisotopic (exact) mass is 240 g/mol. The first-order valence-electron chi connectivity index (χ1n) is 6.33. The van der Waals surface area contributed by atoms with Crippen LogP contribution in [0.1, 0.15) is 33.1 Å². The van der Waals surface area contributed by atoms with Gasteiger partial charge in [0.1, 0.15) is 0 Å². The van der Waals surface area contributed by atoms with Crippen LogP contribution in [-0.2, 0) is 4.79 Å². The summed E-state index contributed by atoms with van der Waals surface area (Å²) >= 11 is 0. The highest BCUT2D eigenvalue weighted by molar-refractivity contribution is 6.43. The molecular weight excluding hydrogens is 219 g/mol. The highest BCUT2D eigenvalue weighted by Crippen LogP contribution is 2.32. The second-order valence-electron chi connectivity index (χ2n) is 5.78. The fraction of sp³-hybridized carbons (Fsp3) is 0.909. The molecule has 2 heterocycles. The van der Waals surface area contributed by atoms with E-state index in [1.54, 1.807) is 4.90 Å². The van der Waals surface area contributed by atoms with Crippen molar-refractivity contribution in [3.63, 3.8) is 0 Å². The van der Waals surface area contributed by atoms with Crippen molar-refractivity contribution in [3.8, 4) is 0 Å². The maximum absolute atomic E-state index is 12.4. The molecule has 0 aromatic heterocycles. The van der Waals surface area contributed by atoms with Gasteiger partial charge in [0, 0.05) is 6.54 Å². The lowest BCUT2D eigenvalue weighted by atomic mass is 9.77. The van der Waals surface area contributed by atoms with Gasteiger partial charge in [0.05, 0.1) is 12.0 Å². The maximum atomic E-state index is 12.4. The normalized spacial score (nSPS) is 31.9. The summed E-state index contributed by atoms with van der Waals surface area (Å²) in [7, 11) is -1.43. The van der Waals surface area contributed by atoms with Crippen molar-refractivity contribution < 1.29 is 14.8 Å². The minimum Gasteiger partial charge on any atom is -0.426 e. The van der Waals surface area contributed by atoms with E-state index in [-0.39, 0.29) is 17.4 Å². The number of rotatable bonds is 2. The van der Waals surface area contributed by atoms with Gasteiger partial charge in [-0.3, -0.25) is 4.79 Å². The molecule has 17 heavy (non-hydrogen) atoms. The van der Waals surface area contributed by atoms with Crippen LogP contribution in [0, 0.1) is 5.41 Å². The summed E-state index contributed by atoms with van der Waals surface area (Å²) in [5.41, 5.74) is -0.0510. The molecule has 6 heteroatoms. The van der Waals surface area contributed by atoms with E-state index in [1.165, 1.54) is 0 Å². The molecule has 5 nitrogen and oxygen atoms in total. The van der Waals surface area contributed by atoms with Crippen molar-refractivity contribution in [3.05, 3.63) is 0 Å². The van der Waals surface area contributed by atoms with Crippen molar-refractivity contribution >= 4 is 13.0 Å². The smallest absolute Gasteiger partial charge is 0.426 e. The van der Waals surface area contributed by atoms with Crippen molar-refractivity contribution in [2.24, 2.45) is 5.41 Å². The van der Waals surface area contributed by atoms with Gasteiger partial charge in [-0.1, -0.05) is 13.8 Å².